The van der Waals surface area contributed by atoms with Crippen LogP contribution in [0.4, 0.5) is 5.82 Å². The first-order valence-electron chi connectivity index (χ1n) is 11.8. The van der Waals surface area contributed by atoms with Gasteiger partial charge in [-0.15, -0.1) is 24.0 Å². The highest BCUT2D eigenvalue weighted by Gasteiger charge is 2.20. The molecule has 1 atom stereocenters. The molecular weight excluding hydrogens is 519 g/mol. The van der Waals surface area contributed by atoms with Crippen molar-refractivity contribution in [2.45, 2.75) is 51.8 Å². The number of likely N-dealkylation sites (tertiary alicyclic amines) is 1. The van der Waals surface area contributed by atoms with E-state index in [1.807, 2.05) is 6.20 Å². The van der Waals surface area contributed by atoms with Crippen molar-refractivity contribution >= 4 is 35.8 Å². The number of methoxy groups -OCH3 is 1. The van der Waals surface area contributed by atoms with Crippen LogP contribution in [0.1, 0.15) is 38.7 Å². The molecule has 3 rings (SSSR count). The van der Waals surface area contributed by atoms with Crippen molar-refractivity contribution in [2.24, 2.45) is 4.99 Å². The first-order valence-corrected chi connectivity index (χ1v) is 11.8. The van der Waals surface area contributed by atoms with Crippen molar-refractivity contribution in [1.82, 2.24) is 20.5 Å². The third-order valence-electron chi connectivity index (χ3n) is 5.89. The van der Waals surface area contributed by atoms with E-state index < -0.39 is 0 Å². The molecule has 32 heavy (non-hydrogen) atoms. The van der Waals surface area contributed by atoms with Gasteiger partial charge in [0.05, 0.1) is 19.3 Å². The molecular formula is C23H41IN6O2. The van der Waals surface area contributed by atoms with Crippen LogP contribution in [0, 0.1) is 0 Å². The molecule has 2 saturated heterocycles. The van der Waals surface area contributed by atoms with Crippen LogP contribution in [-0.2, 0) is 16.0 Å². The lowest BCUT2D eigenvalue weighted by Gasteiger charge is -2.33. The Kier molecular flexibility index (Phi) is 12.6. The lowest BCUT2D eigenvalue weighted by Crippen LogP contribution is -2.48. The zero-order valence-corrected chi connectivity index (χ0v) is 22.2. The van der Waals surface area contributed by atoms with Gasteiger partial charge in [0.1, 0.15) is 5.82 Å². The topological polar surface area (TPSA) is 74.2 Å². The molecule has 1 aromatic heterocycles. The molecule has 182 valence electrons. The summed E-state index contributed by atoms with van der Waals surface area (Å²) in [7, 11) is 1.77. The molecule has 8 nitrogen and oxygen atoms in total. The van der Waals surface area contributed by atoms with Gasteiger partial charge in [-0.1, -0.05) is 0 Å². The highest BCUT2D eigenvalue weighted by molar-refractivity contribution is 14.0. The smallest absolute Gasteiger partial charge is 0.191 e. The van der Waals surface area contributed by atoms with Crippen molar-refractivity contribution in [3.8, 4) is 0 Å². The molecule has 2 aliphatic heterocycles. The highest BCUT2D eigenvalue weighted by Crippen LogP contribution is 2.17. The number of nitrogens with one attached hydrogen (secondary N) is 2. The summed E-state index contributed by atoms with van der Waals surface area (Å²) in [6.07, 6.45) is 5.53. The predicted octanol–water partition coefficient (Wildman–Crippen LogP) is 2.48. The standard InChI is InChI=1S/C23H40N6O2.HI/c1-4-24-23(27-21-7-11-28(12-8-21)10-5-14-30-3)26-17-20-6-9-25-22(16-20)29-13-15-31-19(2)18-29;/h6,9,16,19,21H,4-5,7-8,10-15,17-18H2,1-3H3,(H2,24,26,27);1H. The molecule has 0 amide bonds. The second-order valence-electron chi connectivity index (χ2n) is 8.45. The summed E-state index contributed by atoms with van der Waals surface area (Å²) >= 11 is 0. The Bertz CT molecular complexity index is 684. The van der Waals surface area contributed by atoms with Crippen molar-refractivity contribution in [3.05, 3.63) is 23.9 Å². The second-order valence-corrected chi connectivity index (χ2v) is 8.45. The molecule has 1 unspecified atom stereocenters. The van der Waals surface area contributed by atoms with E-state index in [9.17, 15) is 0 Å². The number of hydrogen-bond acceptors (Lipinski definition) is 6. The van der Waals surface area contributed by atoms with E-state index in [1.54, 1.807) is 7.11 Å². The number of hydrogen-bond donors (Lipinski definition) is 2. The van der Waals surface area contributed by atoms with Crippen molar-refractivity contribution < 1.29 is 9.47 Å². The Morgan fingerprint density at radius 1 is 1.31 bits per heavy atom. The number of morpholine rings is 1. The summed E-state index contributed by atoms with van der Waals surface area (Å²) in [6.45, 7) is 12.5. The number of nitrogens with zero attached hydrogens (tertiary/aromatic N) is 4. The van der Waals surface area contributed by atoms with Crippen LogP contribution in [0.3, 0.4) is 0 Å². The number of rotatable bonds is 9. The van der Waals surface area contributed by atoms with E-state index in [4.69, 9.17) is 14.5 Å². The van der Waals surface area contributed by atoms with Crippen LogP contribution in [0.5, 0.6) is 0 Å². The number of ether oxygens (including phenoxy) is 2. The van der Waals surface area contributed by atoms with Gasteiger partial charge < -0.3 is 29.9 Å². The van der Waals surface area contributed by atoms with Gasteiger partial charge in [-0.2, -0.15) is 0 Å². The van der Waals surface area contributed by atoms with Gasteiger partial charge in [0.2, 0.25) is 0 Å². The molecule has 2 fully saturated rings. The van der Waals surface area contributed by atoms with Crippen LogP contribution in [0.25, 0.3) is 0 Å². The largest absolute Gasteiger partial charge is 0.385 e. The zero-order valence-electron chi connectivity index (χ0n) is 19.9. The summed E-state index contributed by atoms with van der Waals surface area (Å²) in [6, 6.07) is 4.68. The molecule has 3 heterocycles. The normalized spacial score (nSPS) is 20.7. The molecule has 0 bridgehead atoms. The first-order chi connectivity index (χ1) is 15.2. The van der Waals surface area contributed by atoms with Gasteiger partial charge in [0.25, 0.3) is 0 Å². The van der Waals surface area contributed by atoms with Crippen LogP contribution in [0.2, 0.25) is 0 Å². The molecule has 1 aromatic rings. The summed E-state index contributed by atoms with van der Waals surface area (Å²) in [4.78, 5) is 14.2. The number of piperidine rings is 1. The minimum absolute atomic E-state index is 0. The van der Waals surface area contributed by atoms with Crippen LogP contribution >= 0.6 is 24.0 Å². The van der Waals surface area contributed by atoms with Crippen molar-refractivity contribution in [3.63, 3.8) is 0 Å². The van der Waals surface area contributed by atoms with E-state index in [2.05, 4.69) is 51.4 Å². The molecule has 0 aliphatic carbocycles. The maximum Gasteiger partial charge on any atom is 0.191 e. The van der Waals surface area contributed by atoms with Gasteiger partial charge in [-0.3, -0.25) is 0 Å². The maximum atomic E-state index is 5.65. The van der Waals surface area contributed by atoms with Crippen LogP contribution < -0.4 is 15.5 Å². The number of halogens is 1. The fourth-order valence-corrected chi connectivity index (χ4v) is 4.18. The fourth-order valence-electron chi connectivity index (χ4n) is 4.18. The fraction of sp³-hybridized carbons (Fsp3) is 0.739. The summed E-state index contributed by atoms with van der Waals surface area (Å²) < 4.78 is 10.8. The average molecular weight is 561 g/mol. The summed E-state index contributed by atoms with van der Waals surface area (Å²) in [5, 5.41) is 7.05. The van der Waals surface area contributed by atoms with E-state index in [0.29, 0.717) is 12.6 Å². The minimum atomic E-state index is 0. The number of guanidine groups is 1. The third kappa shape index (κ3) is 8.99. The van der Waals surface area contributed by atoms with Gasteiger partial charge in [0.15, 0.2) is 5.96 Å². The molecule has 9 heteroatoms. The molecule has 2 N–H and O–H groups in total. The van der Waals surface area contributed by atoms with E-state index >= 15 is 0 Å². The van der Waals surface area contributed by atoms with Gasteiger partial charge >= 0.3 is 0 Å². The molecule has 0 aromatic carbocycles. The lowest BCUT2D eigenvalue weighted by atomic mass is 10.1. The van der Waals surface area contributed by atoms with Crippen LogP contribution in [0.15, 0.2) is 23.3 Å². The molecule has 0 saturated carbocycles. The van der Waals surface area contributed by atoms with Crippen molar-refractivity contribution in [2.75, 3.05) is 64.5 Å². The molecule has 2 aliphatic rings. The quantitative estimate of drug-likeness (QED) is 0.208. The predicted molar refractivity (Wildman–Crippen MR) is 141 cm³/mol. The first kappa shape index (κ1) is 27.1. The second kappa shape index (κ2) is 14.9. The number of aromatic nitrogens is 1. The molecule has 0 spiro atoms. The Labute approximate surface area is 210 Å². The Morgan fingerprint density at radius 3 is 2.84 bits per heavy atom. The minimum Gasteiger partial charge on any atom is -0.385 e. The van der Waals surface area contributed by atoms with E-state index in [1.165, 1.54) is 5.56 Å². The lowest BCUT2D eigenvalue weighted by molar-refractivity contribution is 0.0529. The Morgan fingerprint density at radius 2 is 2.12 bits per heavy atom. The Balaban J connectivity index is 0.00000363. The van der Waals surface area contributed by atoms with Crippen molar-refractivity contribution in [1.29, 1.82) is 0 Å². The van der Waals surface area contributed by atoms with Gasteiger partial charge in [-0.25, -0.2) is 9.98 Å². The number of anilines is 1. The average Bonchev–Trinajstić information content (AvgIpc) is 2.79. The Hall–Kier alpha value is -1.17. The highest BCUT2D eigenvalue weighted by atomic mass is 127. The molecule has 0 radical (unpaired) electrons. The third-order valence-corrected chi connectivity index (χ3v) is 5.89. The summed E-state index contributed by atoms with van der Waals surface area (Å²) in [5.74, 6) is 1.92. The van der Waals surface area contributed by atoms with Gasteiger partial charge in [0, 0.05) is 65.2 Å². The van der Waals surface area contributed by atoms with Crippen LogP contribution in [-0.4, -0.2) is 87.6 Å². The van der Waals surface area contributed by atoms with Gasteiger partial charge in [-0.05, 0) is 50.8 Å². The van der Waals surface area contributed by atoms with E-state index in [-0.39, 0.29) is 30.1 Å². The maximum absolute atomic E-state index is 5.65. The number of pyridine rings is 1. The van der Waals surface area contributed by atoms with E-state index in [0.717, 1.165) is 83.5 Å². The number of aliphatic imine (C=N–C) groups is 1. The monoisotopic (exact) mass is 560 g/mol. The zero-order chi connectivity index (χ0) is 21.9. The summed E-state index contributed by atoms with van der Waals surface area (Å²) in [5.41, 5.74) is 1.18. The SMILES string of the molecule is CCNC(=NCc1ccnc(N2CCOC(C)C2)c1)NC1CCN(CCCOC)CC1.I.